The van der Waals surface area contributed by atoms with Crippen molar-refractivity contribution >= 4 is 12.1 Å². The predicted octanol–water partition coefficient (Wildman–Crippen LogP) is 3.22. The van der Waals surface area contributed by atoms with Crippen LogP contribution in [0.5, 0.6) is 0 Å². The average molecular weight is 287 g/mol. The van der Waals surface area contributed by atoms with Gasteiger partial charge in [-0.3, -0.25) is 4.79 Å². The molecule has 0 unspecified atom stereocenters. The van der Waals surface area contributed by atoms with Gasteiger partial charge in [-0.1, -0.05) is 46.5 Å². The lowest BCUT2D eigenvalue weighted by atomic mass is 10.2. The Morgan fingerprint density at radius 3 is 2.30 bits per heavy atom. The van der Waals surface area contributed by atoms with Crippen molar-refractivity contribution in [3.05, 3.63) is 0 Å². The zero-order chi connectivity index (χ0) is 15.4. The molecule has 0 aliphatic rings. The first-order chi connectivity index (χ1) is 9.47. The summed E-state index contributed by atoms with van der Waals surface area (Å²) in [7, 11) is 1.53. The molecule has 0 N–H and O–H groups in total. The molecule has 0 aliphatic heterocycles. The van der Waals surface area contributed by atoms with Gasteiger partial charge in [-0.15, -0.1) is 0 Å². The van der Waals surface area contributed by atoms with Crippen LogP contribution in [0.15, 0.2) is 0 Å². The fourth-order valence-electron chi connectivity index (χ4n) is 1.54. The van der Waals surface area contributed by atoms with E-state index in [1.165, 1.54) is 31.2 Å². The molecule has 1 amide bonds. The minimum absolute atomic E-state index is 0.0636. The van der Waals surface area contributed by atoms with Crippen LogP contribution in [0.4, 0.5) is 4.79 Å². The smallest absolute Gasteiger partial charge is 0.410 e. The molecule has 0 aromatic rings. The summed E-state index contributed by atoms with van der Waals surface area (Å²) in [5, 5.41) is 0. The SMILES string of the molecule is CCCCCCCOC(=O)CN(C)C(=O)OCC(C)C. The third-order valence-corrected chi connectivity index (χ3v) is 2.73. The first-order valence-electron chi connectivity index (χ1n) is 7.50. The molecular weight excluding hydrogens is 258 g/mol. The van der Waals surface area contributed by atoms with Crippen molar-refractivity contribution in [2.24, 2.45) is 5.92 Å². The van der Waals surface area contributed by atoms with Crippen molar-refractivity contribution in [1.29, 1.82) is 0 Å². The Morgan fingerprint density at radius 1 is 1.05 bits per heavy atom. The van der Waals surface area contributed by atoms with E-state index >= 15 is 0 Å². The third kappa shape index (κ3) is 10.6. The van der Waals surface area contributed by atoms with Gasteiger partial charge in [0, 0.05) is 7.05 Å². The van der Waals surface area contributed by atoms with Gasteiger partial charge in [0.05, 0.1) is 13.2 Å². The van der Waals surface area contributed by atoms with E-state index in [9.17, 15) is 9.59 Å². The van der Waals surface area contributed by atoms with Crippen molar-refractivity contribution in [1.82, 2.24) is 4.90 Å². The first kappa shape index (κ1) is 18.7. The standard InChI is InChI=1S/C15H29NO4/c1-5-6-7-8-9-10-19-14(17)11-16(4)15(18)20-12-13(2)3/h13H,5-12H2,1-4H3. The lowest BCUT2D eigenvalue weighted by molar-refractivity contribution is -0.144. The van der Waals surface area contributed by atoms with Gasteiger partial charge >= 0.3 is 12.1 Å². The van der Waals surface area contributed by atoms with Gasteiger partial charge in [0.25, 0.3) is 0 Å². The first-order valence-corrected chi connectivity index (χ1v) is 7.50. The molecule has 20 heavy (non-hydrogen) atoms. The minimum atomic E-state index is -0.487. The van der Waals surface area contributed by atoms with Gasteiger partial charge in [0.1, 0.15) is 6.54 Å². The number of carbonyl (C=O) groups is 2. The second-order valence-corrected chi connectivity index (χ2v) is 5.46. The largest absolute Gasteiger partial charge is 0.464 e. The maximum absolute atomic E-state index is 11.5. The van der Waals surface area contributed by atoms with Crippen LogP contribution in [0.3, 0.4) is 0 Å². The second-order valence-electron chi connectivity index (χ2n) is 5.46. The van der Waals surface area contributed by atoms with Crippen LogP contribution >= 0.6 is 0 Å². The zero-order valence-corrected chi connectivity index (χ0v) is 13.3. The van der Waals surface area contributed by atoms with E-state index in [0.29, 0.717) is 13.2 Å². The number of nitrogens with zero attached hydrogens (tertiary/aromatic N) is 1. The van der Waals surface area contributed by atoms with Gasteiger partial charge in [-0.05, 0) is 12.3 Å². The normalized spacial score (nSPS) is 10.4. The number of carbonyl (C=O) groups excluding carboxylic acids is 2. The Labute approximate surface area is 122 Å². The molecule has 0 heterocycles. The number of unbranched alkanes of at least 4 members (excludes halogenated alkanes) is 4. The Balaban J connectivity index is 3.66. The molecule has 0 fully saturated rings. The van der Waals surface area contributed by atoms with E-state index in [4.69, 9.17) is 9.47 Å². The van der Waals surface area contributed by atoms with Crippen LogP contribution < -0.4 is 0 Å². The highest BCUT2D eigenvalue weighted by Crippen LogP contribution is 2.03. The van der Waals surface area contributed by atoms with Crippen molar-refractivity contribution in [3.8, 4) is 0 Å². The van der Waals surface area contributed by atoms with E-state index < -0.39 is 6.09 Å². The number of amides is 1. The molecule has 5 nitrogen and oxygen atoms in total. The van der Waals surface area contributed by atoms with E-state index in [0.717, 1.165) is 12.8 Å². The Morgan fingerprint density at radius 2 is 1.70 bits per heavy atom. The van der Waals surface area contributed by atoms with Gasteiger partial charge < -0.3 is 14.4 Å². The Kier molecular flexibility index (Phi) is 10.8. The van der Waals surface area contributed by atoms with Crippen LogP contribution in [-0.2, 0) is 14.3 Å². The summed E-state index contributed by atoms with van der Waals surface area (Å²) in [6.07, 6.45) is 5.07. The second kappa shape index (κ2) is 11.6. The summed E-state index contributed by atoms with van der Waals surface area (Å²) >= 11 is 0. The summed E-state index contributed by atoms with van der Waals surface area (Å²) in [6, 6.07) is 0. The summed E-state index contributed by atoms with van der Waals surface area (Å²) in [5.41, 5.74) is 0. The van der Waals surface area contributed by atoms with Crippen LogP contribution in [-0.4, -0.2) is 43.8 Å². The Hall–Kier alpha value is -1.26. The number of rotatable bonds is 10. The number of hydrogen-bond acceptors (Lipinski definition) is 4. The van der Waals surface area contributed by atoms with Gasteiger partial charge in [-0.25, -0.2) is 4.79 Å². The molecule has 0 atom stereocenters. The minimum Gasteiger partial charge on any atom is -0.464 e. The summed E-state index contributed by atoms with van der Waals surface area (Å²) in [6.45, 7) is 6.80. The topological polar surface area (TPSA) is 55.8 Å². The highest BCUT2D eigenvalue weighted by Gasteiger charge is 2.15. The number of hydrogen-bond donors (Lipinski definition) is 0. The zero-order valence-electron chi connectivity index (χ0n) is 13.3. The molecule has 0 aromatic heterocycles. The molecule has 118 valence electrons. The number of esters is 1. The monoisotopic (exact) mass is 287 g/mol. The number of ether oxygens (including phenoxy) is 2. The predicted molar refractivity (Wildman–Crippen MR) is 78.5 cm³/mol. The van der Waals surface area contributed by atoms with Gasteiger partial charge in [0.15, 0.2) is 0 Å². The summed E-state index contributed by atoms with van der Waals surface area (Å²) in [5.74, 6) is -0.105. The molecule has 0 radical (unpaired) electrons. The third-order valence-electron chi connectivity index (χ3n) is 2.73. The molecule has 0 saturated heterocycles. The molecule has 0 aromatic carbocycles. The van der Waals surface area contributed by atoms with Crippen molar-refractivity contribution in [2.45, 2.75) is 52.9 Å². The van der Waals surface area contributed by atoms with Gasteiger partial charge in [0.2, 0.25) is 0 Å². The highest BCUT2D eigenvalue weighted by molar-refractivity contribution is 5.77. The Bertz CT molecular complexity index is 279. The average Bonchev–Trinajstić information content (AvgIpc) is 2.39. The molecule has 5 heteroatoms. The molecule has 0 aliphatic carbocycles. The van der Waals surface area contributed by atoms with Crippen LogP contribution in [0.1, 0.15) is 52.9 Å². The molecular formula is C15H29NO4. The van der Waals surface area contributed by atoms with Crippen molar-refractivity contribution < 1.29 is 19.1 Å². The van der Waals surface area contributed by atoms with Crippen LogP contribution in [0.2, 0.25) is 0 Å². The lowest BCUT2D eigenvalue weighted by Crippen LogP contribution is -2.34. The fraction of sp³-hybridized carbons (Fsp3) is 0.867. The van der Waals surface area contributed by atoms with Crippen LogP contribution in [0.25, 0.3) is 0 Å². The summed E-state index contributed by atoms with van der Waals surface area (Å²) in [4.78, 5) is 24.3. The summed E-state index contributed by atoms with van der Waals surface area (Å²) < 4.78 is 10.1. The maximum atomic E-state index is 11.5. The van der Waals surface area contributed by atoms with Gasteiger partial charge in [-0.2, -0.15) is 0 Å². The molecule has 0 rings (SSSR count). The van der Waals surface area contributed by atoms with E-state index in [1.54, 1.807) is 0 Å². The number of likely N-dealkylation sites (N-methyl/N-ethyl adjacent to an activating group) is 1. The van der Waals surface area contributed by atoms with Crippen molar-refractivity contribution in [3.63, 3.8) is 0 Å². The lowest BCUT2D eigenvalue weighted by Gasteiger charge is -2.17. The van der Waals surface area contributed by atoms with E-state index in [-0.39, 0.29) is 18.4 Å². The molecule has 0 bridgehead atoms. The quantitative estimate of drug-likeness (QED) is 0.457. The fourth-order valence-corrected chi connectivity index (χ4v) is 1.54. The highest BCUT2D eigenvalue weighted by atomic mass is 16.6. The van der Waals surface area contributed by atoms with Crippen molar-refractivity contribution in [2.75, 3.05) is 26.8 Å². The molecule has 0 spiro atoms. The maximum Gasteiger partial charge on any atom is 0.410 e. The van der Waals surface area contributed by atoms with E-state index in [1.807, 2.05) is 13.8 Å². The van der Waals surface area contributed by atoms with Crippen LogP contribution in [0, 0.1) is 5.92 Å². The van der Waals surface area contributed by atoms with E-state index in [2.05, 4.69) is 6.92 Å². The molecule has 0 saturated carbocycles.